The molecule has 0 fully saturated rings. The number of nitrogen functional groups attached to an aromatic ring is 1. The summed E-state index contributed by atoms with van der Waals surface area (Å²) >= 11 is 0. The standard InChI is InChI=1S/C15H22N2/c1-13(14-5-7-15(16)8-6-14)9-12-17-10-3-2-4-11-17/h2-3,5-8,13H,4,9-12,16H2,1H3. The van der Waals surface area contributed by atoms with Crippen LogP contribution in [0.5, 0.6) is 0 Å². The van der Waals surface area contributed by atoms with Gasteiger partial charge in [0.2, 0.25) is 0 Å². The van der Waals surface area contributed by atoms with E-state index in [1.807, 2.05) is 12.1 Å². The molecule has 1 aromatic carbocycles. The van der Waals surface area contributed by atoms with Gasteiger partial charge in [-0.2, -0.15) is 0 Å². The third kappa shape index (κ3) is 3.60. The molecule has 0 saturated heterocycles. The number of hydrogen-bond acceptors (Lipinski definition) is 2. The smallest absolute Gasteiger partial charge is 0.0314 e. The zero-order valence-corrected chi connectivity index (χ0v) is 10.6. The van der Waals surface area contributed by atoms with E-state index in [4.69, 9.17) is 5.73 Å². The number of hydrogen-bond donors (Lipinski definition) is 1. The van der Waals surface area contributed by atoms with Crippen molar-refractivity contribution >= 4 is 5.69 Å². The monoisotopic (exact) mass is 230 g/mol. The summed E-state index contributed by atoms with van der Waals surface area (Å²) in [5, 5.41) is 0. The van der Waals surface area contributed by atoms with Gasteiger partial charge in [0, 0.05) is 18.8 Å². The maximum absolute atomic E-state index is 5.70. The molecule has 1 aromatic rings. The number of benzene rings is 1. The SMILES string of the molecule is CC(CCN1CC=CCC1)c1ccc(N)cc1. The maximum atomic E-state index is 5.70. The van der Waals surface area contributed by atoms with Gasteiger partial charge in [-0.1, -0.05) is 31.2 Å². The Labute approximate surface area is 104 Å². The van der Waals surface area contributed by atoms with Gasteiger partial charge in [0.25, 0.3) is 0 Å². The zero-order valence-electron chi connectivity index (χ0n) is 10.6. The third-order valence-electron chi connectivity index (χ3n) is 3.53. The molecular weight excluding hydrogens is 208 g/mol. The molecule has 17 heavy (non-hydrogen) atoms. The molecule has 1 unspecified atom stereocenters. The van der Waals surface area contributed by atoms with E-state index in [0.29, 0.717) is 5.92 Å². The second-order valence-electron chi connectivity index (χ2n) is 4.92. The first-order chi connectivity index (χ1) is 8.25. The minimum absolute atomic E-state index is 0.613. The van der Waals surface area contributed by atoms with E-state index in [1.165, 1.54) is 31.5 Å². The molecular formula is C15H22N2. The van der Waals surface area contributed by atoms with Crippen molar-refractivity contribution in [2.75, 3.05) is 25.4 Å². The van der Waals surface area contributed by atoms with Gasteiger partial charge in [0.15, 0.2) is 0 Å². The Morgan fingerprint density at radius 1 is 1.24 bits per heavy atom. The van der Waals surface area contributed by atoms with Crippen molar-refractivity contribution < 1.29 is 0 Å². The molecule has 2 rings (SSSR count). The van der Waals surface area contributed by atoms with E-state index in [0.717, 1.165) is 12.2 Å². The van der Waals surface area contributed by atoms with Crippen LogP contribution in [0.25, 0.3) is 0 Å². The highest BCUT2D eigenvalue weighted by molar-refractivity contribution is 5.40. The molecule has 0 saturated carbocycles. The van der Waals surface area contributed by atoms with Gasteiger partial charge >= 0.3 is 0 Å². The molecule has 1 aliphatic rings. The first kappa shape index (κ1) is 12.2. The van der Waals surface area contributed by atoms with Crippen LogP contribution in [0.1, 0.15) is 31.2 Å². The highest BCUT2D eigenvalue weighted by Crippen LogP contribution is 2.20. The predicted molar refractivity (Wildman–Crippen MR) is 74.1 cm³/mol. The van der Waals surface area contributed by atoms with Gasteiger partial charge in [0.1, 0.15) is 0 Å². The fraction of sp³-hybridized carbons (Fsp3) is 0.467. The minimum atomic E-state index is 0.613. The fourth-order valence-corrected chi connectivity index (χ4v) is 2.26. The van der Waals surface area contributed by atoms with Gasteiger partial charge in [0.05, 0.1) is 0 Å². The summed E-state index contributed by atoms with van der Waals surface area (Å²) in [6.45, 7) is 5.82. The lowest BCUT2D eigenvalue weighted by Crippen LogP contribution is -2.28. The lowest BCUT2D eigenvalue weighted by Gasteiger charge is -2.24. The lowest BCUT2D eigenvalue weighted by atomic mass is 9.97. The van der Waals surface area contributed by atoms with Gasteiger partial charge in [-0.05, 0) is 43.0 Å². The highest BCUT2D eigenvalue weighted by atomic mass is 15.1. The van der Waals surface area contributed by atoms with Crippen molar-refractivity contribution in [3.05, 3.63) is 42.0 Å². The molecule has 0 amide bonds. The number of rotatable bonds is 4. The van der Waals surface area contributed by atoms with Crippen molar-refractivity contribution in [1.82, 2.24) is 4.90 Å². The van der Waals surface area contributed by atoms with E-state index < -0.39 is 0 Å². The quantitative estimate of drug-likeness (QED) is 0.636. The molecule has 0 aliphatic carbocycles. The molecule has 0 radical (unpaired) electrons. The fourth-order valence-electron chi connectivity index (χ4n) is 2.26. The first-order valence-electron chi connectivity index (χ1n) is 6.48. The first-order valence-corrected chi connectivity index (χ1v) is 6.48. The van der Waals surface area contributed by atoms with Crippen LogP contribution in [0, 0.1) is 0 Å². The molecule has 1 heterocycles. The second kappa shape index (κ2) is 5.87. The molecule has 92 valence electrons. The lowest BCUT2D eigenvalue weighted by molar-refractivity contribution is 0.288. The Balaban J connectivity index is 1.82. The van der Waals surface area contributed by atoms with Crippen molar-refractivity contribution in [2.45, 2.75) is 25.7 Å². The van der Waals surface area contributed by atoms with Crippen LogP contribution in [0.3, 0.4) is 0 Å². The Morgan fingerprint density at radius 3 is 2.65 bits per heavy atom. The predicted octanol–water partition coefficient (Wildman–Crippen LogP) is 3.02. The Morgan fingerprint density at radius 2 is 2.00 bits per heavy atom. The Bertz CT molecular complexity index is 367. The summed E-state index contributed by atoms with van der Waals surface area (Å²) in [7, 11) is 0. The average molecular weight is 230 g/mol. The average Bonchev–Trinajstić information content (AvgIpc) is 2.38. The van der Waals surface area contributed by atoms with Crippen molar-refractivity contribution in [2.24, 2.45) is 0 Å². The highest BCUT2D eigenvalue weighted by Gasteiger charge is 2.10. The molecule has 1 atom stereocenters. The Hall–Kier alpha value is -1.28. The molecule has 2 N–H and O–H groups in total. The van der Waals surface area contributed by atoms with Crippen LogP contribution >= 0.6 is 0 Å². The topological polar surface area (TPSA) is 29.3 Å². The second-order valence-corrected chi connectivity index (χ2v) is 4.92. The van der Waals surface area contributed by atoms with E-state index in [2.05, 4.69) is 36.1 Å². The van der Waals surface area contributed by atoms with Crippen LogP contribution in [0.4, 0.5) is 5.69 Å². The van der Waals surface area contributed by atoms with E-state index >= 15 is 0 Å². The van der Waals surface area contributed by atoms with Gasteiger partial charge in [-0.25, -0.2) is 0 Å². The van der Waals surface area contributed by atoms with E-state index in [9.17, 15) is 0 Å². The van der Waals surface area contributed by atoms with Crippen molar-refractivity contribution in [3.8, 4) is 0 Å². The summed E-state index contributed by atoms with van der Waals surface area (Å²) in [4.78, 5) is 2.52. The summed E-state index contributed by atoms with van der Waals surface area (Å²) in [5.41, 5.74) is 7.95. The minimum Gasteiger partial charge on any atom is -0.399 e. The third-order valence-corrected chi connectivity index (χ3v) is 3.53. The summed E-state index contributed by atoms with van der Waals surface area (Å²) in [5.74, 6) is 0.613. The van der Waals surface area contributed by atoms with Gasteiger partial charge < -0.3 is 5.73 Å². The van der Waals surface area contributed by atoms with Crippen LogP contribution in [0.15, 0.2) is 36.4 Å². The van der Waals surface area contributed by atoms with Gasteiger partial charge in [-0.15, -0.1) is 0 Å². The number of anilines is 1. The van der Waals surface area contributed by atoms with Crippen LogP contribution < -0.4 is 5.73 Å². The van der Waals surface area contributed by atoms with Crippen LogP contribution in [-0.2, 0) is 0 Å². The van der Waals surface area contributed by atoms with Crippen LogP contribution in [-0.4, -0.2) is 24.5 Å². The Kier molecular flexibility index (Phi) is 4.21. The van der Waals surface area contributed by atoms with Crippen molar-refractivity contribution in [3.63, 3.8) is 0 Å². The zero-order chi connectivity index (χ0) is 12.1. The largest absolute Gasteiger partial charge is 0.399 e. The molecule has 2 nitrogen and oxygen atoms in total. The summed E-state index contributed by atoms with van der Waals surface area (Å²) in [6, 6.07) is 8.29. The van der Waals surface area contributed by atoms with Gasteiger partial charge in [-0.3, -0.25) is 4.90 Å². The normalized spacial score (nSPS) is 18.2. The molecule has 2 heteroatoms. The van der Waals surface area contributed by atoms with Crippen LogP contribution in [0.2, 0.25) is 0 Å². The summed E-state index contributed by atoms with van der Waals surface area (Å²) < 4.78 is 0. The number of nitrogens with zero attached hydrogens (tertiary/aromatic N) is 1. The molecule has 0 aromatic heterocycles. The van der Waals surface area contributed by atoms with E-state index in [1.54, 1.807) is 0 Å². The molecule has 0 bridgehead atoms. The summed E-state index contributed by atoms with van der Waals surface area (Å²) in [6.07, 6.45) is 6.98. The number of nitrogens with two attached hydrogens (primary N) is 1. The van der Waals surface area contributed by atoms with Crippen molar-refractivity contribution in [1.29, 1.82) is 0 Å². The maximum Gasteiger partial charge on any atom is 0.0314 e. The molecule has 1 aliphatic heterocycles. The van der Waals surface area contributed by atoms with E-state index in [-0.39, 0.29) is 0 Å². The molecule has 0 spiro atoms.